The minimum atomic E-state index is -0.299. The molecule has 0 radical (unpaired) electrons. The van der Waals surface area contributed by atoms with Crippen LogP contribution in [0.5, 0.6) is 0 Å². The summed E-state index contributed by atoms with van der Waals surface area (Å²) >= 11 is 0. The maximum Gasteiger partial charge on any atom is 0.311 e. The number of esters is 1. The van der Waals surface area contributed by atoms with Crippen molar-refractivity contribution in [1.29, 1.82) is 0 Å². The molecule has 0 unspecified atom stereocenters. The van der Waals surface area contributed by atoms with Gasteiger partial charge < -0.3 is 10.1 Å². The smallest absolute Gasteiger partial charge is 0.311 e. The third kappa shape index (κ3) is 3.47. The Labute approximate surface area is 118 Å². The normalized spacial score (nSPS) is 21.2. The van der Waals surface area contributed by atoms with Crippen LogP contribution in [0.2, 0.25) is 0 Å². The molecule has 0 bridgehead atoms. The summed E-state index contributed by atoms with van der Waals surface area (Å²) in [5.74, 6) is -0.692. The molecule has 0 spiro atoms. The number of hydrogen-bond donors (Lipinski definition) is 1. The number of allylic oxidation sites excluding steroid dienone is 1. The van der Waals surface area contributed by atoms with Gasteiger partial charge in [0.25, 0.3) is 5.91 Å². The largest absolute Gasteiger partial charge is 0.466 e. The number of nitrogens with one attached hydrogen (secondary N) is 1. The van der Waals surface area contributed by atoms with Gasteiger partial charge in [-0.05, 0) is 31.9 Å². The van der Waals surface area contributed by atoms with E-state index in [0.29, 0.717) is 25.0 Å². The van der Waals surface area contributed by atoms with E-state index in [1.165, 1.54) is 0 Å². The van der Waals surface area contributed by atoms with E-state index >= 15 is 0 Å². The molecule has 0 aliphatic heterocycles. The number of rotatable bonds is 4. The Morgan fingerprint density at radius 3 is 2.60 bits per heavy atom. The van der Waals surface area contributed by atoms with E-state index in [2.05, 4.69) is 5.32 Å². The van der Waals surface area contributed by atoms with Crippen molar-refractivity contribution in [1.82, 2.24) is 5.32 Å². The second-order valence-corrected chi connectivity index (χ2v) is 4.75. The molecule has 0 aromatic heterocycles. The summed E-state index contributed by atoms with van der Waals surface area (Å²) in [6, 6.07) is 8.81. The fourth-order valence-corrected chi connectivity index (χ4v) is 2.32. The molecule has 0 heterocycles. The Kier molecular flexibility index (Phi) is 4.93. The third-order valence-electron chi connectivity index (χ3n) is 3.37. The summed E-state index contributed by atoms with van der Waals surface area (Å²) in [7, 11) is 0. The highest BCUT2D eigenvalue weighted by atomic mass is 16.5. The predicted molar refractivity (Wildman–Crippen MR) is 76.2 cm³/mol. The number of carbonyl (C=O) groups excluding carboxylic acids is 2. The number of amides is 1. The van der Waals surface area contributed by atoms with Crippen molar-refractivity contribution in [2.75, 3.05) is 6.61 Å². The summed E-state index contributed by atoms with van der Waals surface area (Å²) in [6.45, 7) is 2.15. The highest BCUT2D eigenvalue weighted by Gasteiger charge is 2.31. The average molecular weight is 273 g/mol. The van der Waals surface area contributed by atoms with E-state index in [4.69, 9.17) is 4.74 Å². The van der Waals surface area contributed by atoms with Crippen molar-refractivity contribution in [2.24, 2.45) is 5.92 Å². The summed E-state index contributed by atoms with van der Waals surface area (Å²) in [6.07, 6.45) is 5.22. The Balaban J connectivity index is 2.04. The van der Waals surface area contributed by atoms with E-state index in [1.807, 2.05) is 30.4 Å². The van der Waals surface area contributed by atoms with Crippen molar-refractivity contribution in [3.05, 3.63) is 48.0 Å². The van der Waals surface area contributed by atoms with Gasteiger partial charge >= 0.3 is 5.97 Å². The minimum absolute atomic E-state index is 0.153. The summed E-state index contributed by atoms with van der Waals surface area (Å²) in [5.41, 5.74) is 0.602. The van der Waals surface area contributed by atoms with Crippen molar-refractivity contribution >= 4 is 11.9 Å². The highest BCUT2D eigenvalue weighted by Crippen LogP contribution is 2.21. The van der Waals surface area contributed by atoms with Gasteiger partial charge in [-0.2, -0.15) is 0 Å². The minimum Gasteiger partial charge on any atom is -0.466 e. The van der Waals surface area contributed by atoms with Crippen LogP contribution in [0.15, 0.2) is 42.5 Å². The average Bonchev–Trinajstić information content (AvgIpc) is 2.49. The van der Waals surface area contributed by atoms with Gasteiger partial charge in [-0.1, -0.05) is 30.4 Å². The second kappa shape index (κ2) is 6.89. The Bertz CT molecular complexity index is 496. The molecule has 1 amide bonds. The van der Waals surface area contributed by atoms with Gasteiger partial charge in [0.1, 0.15) is 0 Å². The van der Waals surface area contributed by atoms with Gasteiger partial charge in [0.05, 0.1) is 12.5 Å². The quantitative estimate of drug-likeness (QED) is 0.676. The lowest BCUT2D eigenvalue weighted by molar-refractivity contribution is -0.149. The number of carbonyl (C=O) groups is 2. The SMILES string of the molecule is CCOC(=O)[C@H]1CC=CC[C@H]1NC(=O)c1ccccc1. The van der Waals surface area contributed by atoms with Crippen LogP contribution in [0.3, 0.4) is 0 Å². The van der Waals surface area contributed by atoms with Gasteiger partial charge in [-0.15, -0.1) is 0 Å². The molecule has 106 valence electrons. The number of benzene rings is 1. The molecule has 1 N–H and O–H groups in total. The van der Waals surface area contributed by atoms with Crippen molar-refractivity contribution in [2.45, 2.75) is 25.8 Å². The van der Waals surface area contributed by atoms with Gasteiger partial charge in [0.2, 0.25) is 0 Å². The maximum absolute atomic E-state index is 12.2. The van der Waals surface area contributed by atoms with Crippen LogP contribution in [0, 0.1) is 5.92 Å². The van der Waals surface area contributed by atoms with E-state index in [0.717, 1.165) is 0 Å². The van der Waals surface area contributed by atoms with Crippen LogP contribution >= 0.6 is 0 Å². The molecule has 2 atom stereocenters. The van der Waals surface area contributed by atoms with Crippen molar-refractivity contribution in [3.63, 3.8) is 0 Å². The molecular formula is C16H19NO3. The van der Waals surface area contributed by atoms with E-state index in [9.17, 15) is 9.59 Å². The molecule has 20 heavy (non-hydrogen) atoms. The zero-order valence-electron chi connectivity index (χ0n) is 11.5. The molecular weight excluding hydrogens is 254 g/mol. The van der Waals surface area contributed by atoms with Crippen LogP contribution < -0.4 is 5.32 Å². The first-order valence-electron chi connectivity index (χ1n) is 6.90. The molecule has 4 nitrogen and oxygen atoms in total. The fraction of sp³-hybridized carbons (Fsp3) is 0.375. The first kappa shape index (κ1) is 14.3. The third-order valence-corrected chi connectivity index (χ3v) is 3.37. The van der Waals surface area contributed by atoms with Crippen LogP contribution in [-0.2, 0) is 9.53 Å². The van der Waals surface area contributed by atoms with Crippen LogP contribution in [0.25, 0.3) is 0 Å². The van der Waals surface area contributed by atoms with E-state index < -0.39 is 0 Å². The molecule has 1 aliphatic rings. The predicted octanol–water partition coefficient (Wildman–Crippen LogP) is 2.31. The summed E-state index contributed by atoms with van der Waals surface area (Å²) < 4.78 is 5.07. The number of ether oxygens (including phenoxy) is 1. The number of hydrogen-bond acceptors (Lipinski definition) is 3. The van der Waals surface area contributed by atoms with Gasteiger partial charge in [0.15, 0.2) is 0 Å². The molecule has 4 heteroatoms. The topological polar surface area (TPSA) is 55.4 Å². The molecule has 2 rings (SSSR count). The molecule has 0 fully saturated rings. The summed E-state index contributed by atoms with van der Waals surface area (Å²) in [5, 5.41) is 2.93. The van der Waals surface area contributed by atoms with Crippen LogP contribution in [0.1, 0.15) is 30.1 Å². The molecule has 0 saturated heterocycles. The van der Waals surface area contributed by atoms with Crippen LogP contribution in [-0.4, -0.2) is 24.5 Å². The monoisotopic (exact) mass is 273 g/mol. The standard InChI is InChI=1S/C16H19NO3/c1-2-20-16(19)13-10-6-7-11-14(13)17-15(18)12-8-4-3-5-9-12/h3-9,13-14H,2,10-11H2,1H3,(H,17,18)/t13-,14+/m0/s1. The first-order valence-corrected chi connectivity index (χ1v) is 6.90. The van der Waals surface area contributed by atoms with E-state index in [1.54, 1.807) is 19.1 Å². The van der Waals surface area contributed by atoms with E-state index in [-0.39, 0.29) is 23.8 Å². The molecule has 0 saturated carbocycles. The van der Waals surface area contributed by atoms with Gasteiger partial charge in [-0.3, -0.25) is 9.59 Å². The van der Waals surface area contributed by atoms with Crippen LogP contribution in [0.4, 0.5) is 0 Å². The molecule has 1 aliphatic carbocycles. The van der Waals surface area contributed by atoms with Gasteiger partial charge in [0, 0.05) is 11.6 Å². The highest BCUT2D eigenvalue weighted by molar-refractivity contribution is 5.94. The lowest BCUT2D eigenvalue weighted by atomic mass is 9.89. The Hall–Kier alpha value is -2.10. The zero-order chi connectivity index (χ0) is 14.4. The lowest BCUT2D eigenvalue weighted by Crippen LogP contribution is -2.44. The van der Waals surface area contributed by atoms with Gasteiger partial charge in [-0.25, -0.2) is 0 Å². The Morgan fingerprint density at radius 1 is 1.20 bits per heavy atom. The maximum atomic E-state index is 12.2. The fourth-order valence-electron chi connectivity index (χ4n) is 2.32. The molecule has 1 aromatic carbocycles. The van der Waals surface area contributed by atoms with Crippen molar-refractivity contribution in [3.8, 4) is 0 Å². The Morgan fingerprint density at radius 2 is 1.90 bits per heavy atom. The second-order valence-electron chi connectivity index (χ2n) is 4.75. The zero-order valence-corrected chi connectivity index (χ0v) is 11.5. The lowest BCUT2D eigenvalue weighted by Gasteiger charge is -2.27. The first-order chi connectivity index (χ1) is 9.72. The van der Waals surface area contributed by atoms with Crippen molar-refractivity contribution < 1.29 is 14.3 Å². The summed E-state index contributed by atoms with van der Waals surface area (Å²) in [4.78, 5) is 24.1. The molecule has 1 aromatic rings.